The fraction of sp³-hybridized carbons (Fsp3) is 0.400. The number of amides is 1. The largest absolute Gasteiger partial charge is 0.481 e. The Kier molecular flexibility index (Phi) is 6.44. The highest BCUT2D eigenvalue weighted by Gasteiger charge is 2.32. The van der Waals surface area contributed by atoms with Crippen molar-refractivity contribution < 1.29 is 23.8 Å². The number of benzene rings is 2. The van der Waals surface area contributed by atoms with Crippen LogP contribution in [0.1, 0.15) is 37.6 Å². The van der Waals surface area contributed by atoms with Crippen molar-refractivity contribution in [3.63, 3.8) is 0 Å². The lowest BCUT2D eigenvalue weighted by atomic mass is 9.83. The summed E-state index contributed by atoms with van der Waals surface area (Å²) in [4.78, 5) is 30.1. The van der Waals surface area contributed by atoms with Crippen LogP contribution in [0.2, 0.25) is 0 Å². The number of hydrogen-bond acceptors (Lipinski definition) is 5. The SMILES string of the molecule is CC[C@H](C(=O)O)C1CCN(C(=O)OCc2nc(-c3ccc4ccccc4c3)oc2C)CC1. The number of carboxylic acid groups (broad SMARTS) is 1. The maximum Gasteiger partial charge on any atom is 0.410 e. The van der Waals surface area contributed by atoms with E-state index >= 15 is 0 Å². The molecule has 1 amide bonds. The van der Waals surface area contributed by atoms with Crippen LogP contribution in [-0.2, 0) is 16.1 Å². The Bertz CT molecular complexity index is 1110. The van der Waals surface area contributed by atoms with E-state index in [0.29, 0.717) is 49.7 Å². The number of carbonyl (C=O) groups is 2. The number of oxazole rings is 1. The van der Waals surface area contributed by atoms with E-state index in [4.69, 9.17) is 9.15 Å². The molecule has 2 heterocycles. The van der Waals surface area contributed by atoms with Crippen molar-refractivity contribution in [3.05, 3.63) is 53.9 Å². The molecule has 0 saturated carbocycles. The Morgan fingerprint density at radius 2 is 1.91 bits per heavy atom. The van der Waals surface area contributed by atoms with E-state index in [9.17, 15) is 14.7 Å². The van der Waals surface area contributed by atoms with E-state index in [1.807, 2.05) is 50.2 Å². The van der Waals surface area contributed by atoms with Gasteiger partial charge < -0.3 is 19.2 Å². The molecule has 2 aromatic carbocycles. The zero-order valence-electron chi connectivity index (χ0n) is 18.4. The number of aliphatic carboxylic acids is 1. The van der Waals surface area contributed by atoms with Crippen molar-refractivity contribution in [2.24, 2.45) is 11.8 Å². The van der Waals surface area contributed by atoms with Gasteiger partial charge in [-0.2, -0.15) is 0 Å². The second kappa shape index (κ2) is 9.42. The molecule has 0 radical (unpaired) electrons. The normalized spacial score (nSPS) is 15.6. The Morgan fingerprint density at radius 1 is 1.19 bits per heavy atom. The first kappa shape index (κ1) is 21.9. The summed E-state index contributed by atoms with van der Waals surface area (Å²) in [5.41, 5.74) is 1.46. The number of nitrogens with zero attached hydrogens (tertiary/aromatic N) is 2. The highest BCUT2D eigenvalue weighted by atomic mass is 16.6. The third-order valence-corrected chi connectivity index (χ3v) is 6.35. The van der Waals surface area contributed by atoms with Gasteiger partial charge in [-0.25, -0.2) is 9.78 Å². The van der Waals surface area contributed by atoms with Gasteiger partial charge in [-0.15, -0.1) is 0 Å². The zero-order valence-corrected chi connectivity index (χ0v) is 18.4. The van der Waals surface area contributed by atoms with E-state index in [2.05, 4.69) is 11.1 Å². The molecular formula is C25H28N2O5. The molecule has 1 fully saturated rings. The van der Waals surface area contributed by atoms with Crippen LogP contribution in [0.5, 0.6) is 0 Å². The molecule has 7 heteroatoms. The number of carbonyl (C=O) groups excluding carboxylic acids is 1. The van der Waals surface area contributed by atoms with Crippen LogP contribution in [0.15, 0.2) is 46.9 Å². The highest BCUT2D eigenvalue weighted by molar-refractivity contribution is 5.86. The first-order chi connectivity index (χ1) is 15.5. The van der Waals surface area contributed by atoms with Crippen molar-refractivity contribution in [2.75, 3.05) is 13.1 Å². The van der Waals surface area contributed by atoms with Gasteiger partial charge in [0.05, 0.1) is 5.92 Å². The van der Waals surface area contributed by atoms with Gasteiger partial charge in [0.15, 0.2) is 0 Å². The van der Waals surface area contributed by atoms with Gasteiger partial charge in [-0.3, -0.25) is 4.79 Å². The van der Waals surface area contributed by atoms with Crippen LogP contribution in [0, 0.1) is 18.8 Å². The number of rotatable bonds is 6. The van der Waals surface area contributed by atoms with Gasteiger partial charge in [0.2, 0.25) is 5.89 Å². The molecule has 1 aliphatic rings. The molecule has 3 aromatic rings. The number of piperidine rings is 1. The van der Waals surface area contributed by atoms with E-state index in [1.165, 1.54) is 0 Å². The topological polar surface area (TPSA) is 92.9 Å². The minimum absolute atomic E-state index is 0.0361. The fourth-order valence-electron chi connectivity index (χ4n) is 4.42. The highest BCUT2D eigenvalue weighted by Crippen LogP contribution is 2.29. The summed E-state index contributed by atoms with van der Waals surface area (Å²) in [6.07, 6.45) is 1.56. The van der Waals surface area contributed by atoms with Crippen molar-refractivity contribution in [2.45, 2.75) is 39.7 Å². The number of aryl methyl sites for hydroxylation is 1. The summed E-state index contributed by atoms with van der Waals surface area (Å²) < 4.78 is 11.3. The van der Waals surface area contributed by atoms with Crippen LogP contribution < -0.4 is 0 Å². The van der Waals surface area contributed by atoms with Crippen LogP contribution in [0.3, 0.4) is 0 Å². The van der Waals surface area contributed by atoms with Crippen LogP contribution in [0.4, 0.5) is 4.79 Å². The molecule has 168 valence electrons. The molecule has 7 nitrogen and oxygen atoms in total. The number of hydrogen-bond donors (Lipinski definition) is 1. The van der Waals surface area contributed by atoms with Crippen molar-refractivity contribution >= 4 is 22.8 Å². The molecule has 32 heavy (non-hydrogen) atoms. The Balaban J connectivity index is 1.36. The van der Waals surface area contributed by atoms with Gasteiger partial charge in [0.25, 0.3) is 0 Å². The molecule has 1 atom stereocenters. The Labute approximate surface area is 187 Å². The quantitative estimate of drug-likeness (QED) is 0.566. The molecule has 0 aliphatic carbocycles. The van der Waals surface area contributed by atoms with Crippen LogP contribution >= 0.6 is 0 Å². The maximum atomic E-state index is 12.5. The summed E-state index contributed by atoms with van der Waals surface area (Å²) >= 11 is 0. The molecule has 1 aliphatic heterocycles. The molecule has 1 saturated heterocycles. The summed E-state index contributed by atoms with van der Waals surface area (Å²) in [6.45, 7) is 4.75. The maximum absolute atomic E-state index is 12.5. The molecule has 0 bridgehead atoms. The van der Waals surface area contributed by atoms with Gasteiger partial charge in [-0.05, 0) is 55.0 Å². The van der Waals surface area contributed by atoms with Gasteiger partial charge >= 0.3 is 12.1 Å². The fourth-order valence-corrected chi connectivity index (χ4v) is 4.42. The van der Waals surface area contributed by atoms with E-state index in [-0.39, 0.29) is 18.4 Å². The molecule has 0 unspecified atom stereocenters. The van der Waals surface area contributed by atoms with Crippen LogP contribution in [-0.4, -0.2) is 40.1 Å². The molecule has 4 rings (SSSR count). The van der Waals surface area contributed by atoms with Crippen LogP contribution in [0.25, 0.3) is 22.2 Å². The Hall–Kier alpha value is -3.35. The summed E-state index contributed by atoms with van der Waals surface area (Å²) in [6, 6.07) is 14.1. The lowest BCUT2D eigenvalue weighted by molar-refractivity contribution is -0.144. The predicted molar refractivity (Wildman–Crippen MR) is 120 cm³/mol. The number of fused-ring (bicyclic) bond motifs is 1. The first-order valence-electron chi connectivity index (χ1n) is 11.1. The van der Waals surface area contributed by atoms with Crippen molar-refractivity contribution in [1.29, 1.82) is 0 Å². The number of ether oxygens (including phenoxy) is 1. The third kappa shape index (κ3) is 4.61. The monoisotopic (exact) mass is 436 g/mol. The number of aromatic nitrogens is 1. The van der Waals surface area contributed by atoms with E-state index in [1.54, 1.807) is 4.90 Å². The zero-order chi connectivity index (χ0) is 22.7. The minimum Gasteiger partial charge on any atom is -0.481 e. The number of likely N-dealkylation sites (tertiary alicyclic amines) is 1. The predicted octanol–water partition coefficient (Wildman–Crippen LogP) is 5.26. The average molecular weight is 437 g/mol. The second-order valence-corrected chi connectivity index (χ2v) is 8.32. The van der Waals surface area contributed by atoms with Gasteiger partial charge in [0.1, 0.15) is 18.1 Å². The molecule has 0 spiro atoms. The third-order valence-electron chi connectivity index (χ3n) is 6.35. The average Bonchev–Trinajstić information content (AvgIpc) is 3.18. The molecular weight excluding hydrogens is 408 g/mol. The van der Waals surface area contributed by atoms with Gasteiger partial charge in [0, 0.05) is 18.7 Å². The van der Waals surface area contributed by atoms with E-state index in [0.717, 1.165) is 16.3 Å². The van der Waals surface area contributed by atoms with Crippen molar-refractivity contribution in [1.82, 2.24) is 9.88 Å². The molecule has 1 aromatic heterocycles. The minimum atomic E-state index is -0.753. The first-order valence-corrected chi connectivity index (χ1v) is 11.1. The van der Waals surface area contributed by atoms with Crippen molar-refractivity contribution in [3.8, 4) is 11.5 Å². The standard InChI is InChI=1S/C25H28N2O5/c1-3-21(24(28)29)18-10-12-27(13-11-18)25(30)31-15-22-16(2)32-23(26-22)20-9-8-17-6-4-5-7-19(17)14-20/h4-9,14,18,21H,3,10-13,15H2,1-2H3,(H,28,29)/t21-/m0/s1. The smallest absolute Gasteiger partial charge is 0.410 e. The summed E-state index contributed by atoms with van der Waals surface area (Å²) in [7, 11) is 0. The second-order valence-electron chi connectivity index (χ2n) is 8.32. The summed E-state index contributed by atoms with van der Waals surface area (Å²) in [5, 5.41) is 11.6. The lowest BCUT2D eigenvalue weighted by Gasteiger charge is -2.33. The Morgan fingerprint density at radius 3 is 2.59 bits per heavy atom. The lowest BCUT2D eigenvalue weighted by Crippen LogP contribution is -2.41. The molecule has 1 N–H and O–H groups in total. The summed E-state index contributed by atoms with van der Waals surface area (Å²) in [5.74, 6) is 0.117. The van der Waals surface area contributed by atoms with Gasteiger partial charge in [-0.1, -0.05) is 37.3 Å². The number of carboxylic acids is 1. The van der Waals surface area contributed by atoms with E-state index < -0.39 is 12.1 Å².